The zero-order valence-corrected chi connectivity index (χ0v) is 12.8. The van der Waals surface area contributed by atoms with Gasteiger partial charge in [0.25, 0.3) is 0 Å². The van der Waals surface area contributed by atoms with Crippen LogP contribution in [0.2, 0.25) is 10.0 Å². The van der Waals surface area contributed by atoms with E-state index in [9.17, 15) is 4.79 Å². The predicted octanol–water partition coefficient (Wildman–Crippen LogP) is 3.05. The largest absolute Gasteiger partial charge is 0.340 e. The SMILES string of the molecule is O=C(C1CC1)N1CCN(Cc2ccc(Cl)cc2Cl)CC1. The number of hydrogen-bond donors (Lipinski definition) is 0. The maximum absolute atomic E-state index is 12.0. The van der Waals surface area contributed by atoms with Crippen molar-refractivity contribution in [2.75, 3.05) is 26.2 Å². The molecule has 108 valence electrons. The van der Waals surface area contributed by atoms with E-state index >= 15 is 0 Å². The molecule has 0 unspecified atom stereocenters. The fourth-order valence-electron chi connectivity index (χ4n) is 2.61. The molecule has 20 heavy (non-hydrogen) atoms. The molecule has 0 atom stereocenters. The third-order valence-corrected chi connectivity index (χ3v) is 4.61. The smallest absolute Gasteiger partial charge is 0.225 e. The molecule has 3 rings (SSSR count). The number of halogens is 2. The van der Waals surface area contributed by atoms with Crippen LogP contribution in [0.5, 0.6) is 0 Å². The molecule has 1 aliphatic heterocycles. The van der Waals surface area contributed by atoms with Gasteiger partial charge >= 0.3 is 0 Å². The Morgan fingerprint density at radius 3 is 2.45 bits per heavy atom. The number of nitrogens with zero attached hydrogens (tertiary/aromatic N) is 2. The first-order chi connectivity index (χ1) is 9.63. The normalized spacial score (nSPS) is 20.2. The molecule has 1 aromatic carbocycles. The molecular weight excluding hydrogens is 295 g/mol. The van der Waals surface area contributed by atoms with Gasteiger partial charge in [-0.15, -0.1) is 0 Å². The Labute approximate surface area is 129 Å². The van der Waals surface area contributed by atoms with Crippen LogP contribution in [0.25, 0.3) is 0 Å². The van der Waals surface area contributed by atoms with Gasteiger partial charge in [0, 0.05) is 48.7 Å². The highest BCUT2D eigenvalue weighted by atomic mass is 35.5. The third kappa shape index (κ3) is 3.27. The summed E-state index contributed by atoms with van der Waals surface area (Å²) in [5, 5.41) is 1.38. The Balaban J connectivity index is 1.54. The number of hydrogen-bond acceptors (Lipinski definition) is 2. The van der Waals surface area contributed by atoms with Gasteiger partial charge in [0.05, 0.1) is 0 Å². The fraction of sp³-hybridized carbons (Fsp3) is 0.533. The van der Waals surface area contributed by atoms with E-state index in [0.717, 1.165) is 51.1 Å². The molecule has 2 fully saturated rings. The summed E-state index contributed by atoms with van der Waals surface area (Å²) in [7, 11) is 0. The zero-order valence-electron chi connectivity index (χ0n) is 11.3. The Kier molecular flexibility index (Phi) is 4.20. The Bertz CT molecular complexity index is 509. The zero-order chi connectivity index (χ0) is 14.1. The average molecular weight is 313 g/mol. The van der Waals surface area contributed by atoms with Gasteiger partial charge in [-0.25, -0.2) is 0 Å². The summed E-state index contributed by atoms with van der Waals surface area (Å²) in [5.74, 6) is 0.682. The lowest BCUT2D eigenvalue weighted by atomic mass is 10.2. The van der Waals surface area contributed by atoms with E-state index in [-0.39, 0.29) is 0 Å². The van der Waals surface area contributed by atoms with Gasteiger partial charge < -0.3 is 4.90 Å². The molecule has 1 amide bonds. The van der Waals surface area contributed by atoms with Crippen LogP contribution in [-0.2, 0) is 11.3 Å². The van der Waals surface area contributed by atoms with Crippen LogP contribution in [0.4, 0.5) is 0 Å². The van der Waals surface area contributed by atoms with E-state index < -0.39 is 0 Å². The molecule has 0 radical (unpaired) electrons. The van der Waals surface area contributed by atoms with Gasteiger partial charge in [0.2, 0.25) is 5.91 Å². The Morgan fingerprint density at radius 1 is 1.15 bits per heavy atom. The molecule has 1 saturated carbocycles. The maximum Gasteiger partial charge on any atom is 0.225 e. The number of amides is 1. The molecule has 1 aromatic rings. The van der Waals surface area contributed by atoms with Crippen LogP contribution >= 0.6 is 23.2 Å². The van der Waals surface area contributed by atoms with Gasteiger partial charge in [-0.05, 0) is 30.5 Å². The number of carbonyl (C=O) groups is 1. The second kappa shape index (κ2) is 5.92. The molecule has 2 aliphatic rings. The lowest BCUT2D eigenvalue weighted by molar-refractivity contribution is -0.134. The molecule has 0 spiro atoms. The van der Waals surface area contributed by atoms with Crippen LogP contribution in [0, 0.1) is 5.92 Å². The van der Waals surface area contributed by atoms with E-state index in [4.69, 9.17) is 23.2 Å². The standard InChI is InChI=1S/C15H18Cl2N2O/c16-13-4-3-12(14(17)9-13)10-18-5-7-19(8-6-18)15(20)11-1-2-11/h3-4,9,11H,1-2,5-8,10H2. The van der Waals surface area contributed by atoms with Gasteiger partial charge in [0.15, 0.2) is 0 Å². The first kappa shape index (κ1) is 14.2. The number of carbonyl (C=O) groups excluding carboxylic acids is 1. The van der Waals surface area contributed by atoms with Crippen molar-refractivity contribution in [1.82, 2.24) is 9.80 Å². The minimum atomic E-state index is 0.326. The van der Waals surface area contributed by atoms with Gasteiger partial charge in [-0.1, -0.05) is 29.3 Å². The molecule has 0 bridgehead atoms. The van der Waals surface area contributed by atoms with Crippen molar-refractivity contribution in [2.45, 2.75) is 19.4 Å². The topological polar surface area (TPSA) is 23.6 Å². The second-order valence-electron chi connectivity index (χ2n) is 5.61. The Morgan fingerprint density at radius 2 is 1.85 bits per heavy atom. The summed E-state index contributed by atoms with van der Waals surface area (Å²) in [5.41, 5.74) is 1.10. The van der Waals surface area contributed by atoms with Crippen molar-refractivity contribution in [1.29, 1.82) is 0 Å². The minimum Gasteiger partial charge on any atom is -0.340 e. The van der Waals surface area contributed by atoms with Gasteiger partial charge in [-0.2, -0.15) is 0 Å². The van der Waals surface area contributed by atoms with E-state index in [1.165, 1.54) is 0 Å². The lowest BCUT2D eigenvalue weighted by Gasteiger charge is -2.35. The van der Waals surface area contributed by atoms with Gasteiger partial charge in [0.1, 0.15) is 0 Å². The third-order valence-electron chi connectivity index (χ3n) is 4.02. The van der Waals surface area contributed by atoms with Crippen molar-refractivity contribution in [3.8, 4) is 0 Å². The predicted molar refractivity (Wildman–Crippen MR) is 81.0 cm³/mol. The van der Waals surface area contributed by atoms with Crippen molar-refractivity contribution in [2.24, 2.45) is 5.92 Å². The summed E-state index contributed by atoms with van der Waals surface area (Å²) in [6, 6.07) is 5.63. The molecule has 5 heteroatoms. The van der Waals surface area contributed by atoms with Crippen molar-refractivity contribution < 1.29 is 4.79 Å². The first-order valence-corrected chi connectivity index (χ1v) is 7.84. The number of piperazine rings is 1. The van der Waals surface area contributed by atoms with Crippen LogP contribution < -0.4 is 0 Å². The highest BCUT2D eigenvalue weighted by Gasteiger charge is 2.34. The maximum atomic E-state index is 12.0. The molecule has 3 nitrogen and oxygen atoms in total. The quantitative estimate of drug-likeness (QED) is 0.856. The summed E-state index contributed by atoms with van der Waals surface area (Å²) in [4.78, 5) is 16.3. The summed E-state index contributed by atoms with van der Waals surface area (Å²) in [6.45, 7) is 4.32. The summed E-state index contributed by atoms with van der Waals surface area (Å²) < 4.78 is 0. The monoisotopic (exact) mass is 312 g/mol. The summed E-state index contributed by atoms with van der Waals surface area (Å²) in [6.07, 6.45) is 2.17. The van der Waals surface area contributed by atoms with Crippen molar-refractivity contribution in [3.63, 3.8) is 0 Å². The lowest BCUT2D eigenvalue weighted by Crippen LogP contribution is -2.48. The molecule has 1 aliphatic carbocycles. The fourth-order valence-corrected chi connectivity index (χ4v) is 3.07. The van der Waals surface area contributed by atoms with Crippen molar-refractivity contribution in [3.05, 3.63) is 33.8 Å². The van der Waals surface area contributed by atoms with Crippen LogP contribution in [0.15, 0.2) is 18.2 Å². The van der Waals surface area contributed by atoms with Gasteiger partial charge in [-0.3, -0.25) is 9.69 Å². The first-order valence-electron chi connectivity index (χ1n) is 7.08. The number of rotatable bonds is 3. The highest BCUT2D eigenvalue weighted by Crippen LogP contribution is 2.31. The van der Waals surface area contributed by atoms with E-state index in [2.05, 4.69) is 4.90 Å². The second-order valence-corrected chi connectivity index (χ2v) is 6.46. The van der Waals surface area contributed by atoms with Crippen LogP contribution in [0.3, 0.4) is 0 Å². The van der Waals surface area contributed by atoms with Crippen molar-refractivity contribution >= 4 is 29.1 Å². The molecule has 1 heterocycles. The average Bonchev–Trinajstić information content (AvgIpc) is 3.26. The molecular formula is C15H18Cl2N2O. The van der Waals surface area contributed by atoms with E-state index in [1.807, 2.05) is 17.0 Å². The Hall–Kier alpha value is -0.770. The number of benzene rings is 1. The summed E-state index contributed by atoms with van der Waals surface area (Å²) >= 11 is 12.1. The van der Waals surface area contributed by atoms with Crippen LogP contribution in [0.1, 0.15) is 18.4 Å². The van der Waals surface area contributed by atoms with E-state index in [0.29, 0.717) is 21.9 Å². The molecule has 0 aromatic heterocycles. The highest BCUT2D eigenvalue weighted by molar-refractivity contribution is 6.35. The molecule has 0 N–H and O–H groups in total. The minimum absolute atomic E-state index is 0.326. The molecule has 1 saturated heterocycles. The van der Waals surface area contributed by atoms with E-state index in [1.54, 1.807) is 6.07 Å². The van der Waals surface area contributed by atoms with Crippen LogP contribution in [-0.4, -0.2) is 41.9 Å².